The van der Waals surface area contributed by atoms with Crippen molar-refractivity contribution in [1.82, 2.24) is 4.90 Å². The highest BCUT2D eigenvalue weighted by Gasteiger charge is 2.59. The van der Waals surface area contributed by atoms with Crippen LogP contribution in [0.15, 0.2) is 0 Å². The van der Waals surface area contributed by atoms with E-state index in [1.165, 1.54) is 51.6 Å². The van der Waals surface area contributed by atoms with Crippen molar-refractivity contribution >= 4 is 0 Å². The van der Waals surface area contributed by atoms with Crippen molar-refractivity contribution in [1.29, 1.82) is 0 Å². The monoisotopic (exact) mass is 290 g/mol. The Hall–Kier alpha value is -0.0800. The number of hydrogen-bond donors (Lipinski definition) is 1. The maximum absolute atomic E-state index is 6.48. The van der Waals surface area contributed by atoms with E-state index in [4.69, 9.17) is 5.73 Å². The van der Waals surface area contributed by atoms with E-state index >= 15 is 0 Å². The van der Waals surface area contributed by atoms with Crippen LogP contribution in [-0.4, -0.2) is 30.1 Å². The van der Waals surface area contributed by atoms with Gasteiger partial charge in [0.1, 0.15) is 0 Å². The van der Waals surface area contributed by atoms with Crippen molar-refractivity contribution in [2.45, 2.75) is 64.8 Å². The molecular formula is C19H34N2. The van der Waals surface area contributed by atoms with Gasteiger partial charge < -0.3 is 5.73 Å². The lowest BCUT2D eigenvalue weighted by molar-refractivity contribution is -0.126. The van der Waals surface area contributed by atoms with Gasteiger partial charge in [-0.05, 0) is 80.1 Å². The Kier molecular flexibility index (Phi) is 3.25. The van der Waals surface area contributed by atoms with Crippen LogP contribution in [0.5, 0.6) is 0 Å². The van der Waals surface area contributed by atoms with E-state index in [9.17, 15) is 0 Å². The predicted octanol–water partition coefficient (Wildman–Crippen LogP) is 3.51. The molecule has 4 bridgehead atoms. The molecule has 5 rings (SSSR count). The molecule has 0 aromatic heterocycles. The first-order chi connectivity index (χ1) is 9.93. The van der Waals surface area contributed by atoms with Crippen LogP contribution in [0.4, 0.5) is 0 Å². The summed E-state index contributed by atoms with van der Waals surface area (Å²) >= 11 is 0. The minimum atomic E-state index is 0.382. The van der Waals surface area contributed by atoms with Crippen LogP contribution >= 0.6 is 0 Å². The van der Waals surface area contributed by atoms with Gasteiger partial charge in [0.15, 0.2) is 0 Å². The fraction of sp³-hybridized carbons (Fsp3) is 1.00. The van der Waals surface area contributed by atoms with Crippen molar-refractivity contribution in [2.24, 2.45) is 40.7 Å². The van der Waals surface area contributed by atoms with Gasteiger partial charge >= 0.3 is 0 Å². The molecule has 4 saturated carbocycles. The van der Waals surface area contributed by atoms with E-state index < -0.39 is 0 Å². The molecule has 21 heavy (non-hydrogen) atoms. The van der Waals surface area contributed by atoms with Gasteiger partial charge in [-0.25, -0.2) is 0 Å². The topological polar surface area (TPSA) is 29.3 Å². The Balaban J connectivity index is 1.60. The summed E-state index contributed by atoms with van der Waals surface area (Å²) in [5.74, 6) is 4.79. The van der Waals surface area contributed by atoms with Gasteiger partial charge in [-0.15, -0.1) is 0 Å². The van der Waals surface area contributed by atoms with Gasteiger partial charge in [0, 0.05) is 18.6 Å². The molecule has 1 heterocycles. The molecule has 0 spiro atoms. The number of rotatable bonds is 2. The van der Waals surface area contributed by atoms with Crippen molar-refractivity contribution in [3.8, 4) is 0 Å². The van der Waals surface area contributed by atoms with Crippen molar-refractivity contribution in [2.75, 3.05) is 19.6 Å². The van der Waals surface area contributed by atoms with Gasteiger partial charge in [0.25, 0.3) is 0 Å². The highest BCUT2D eigenvalue weighted by atomic mass is 15.2. The SMILES string of the molecule is CC(C)(C)C1CCN(C2(CN)C3CC4CC(C3)CC2C4)C1. The average Bonchev–Trinajstić information content (AvgIpc) is 2.88. The third kappa shape index (κ3) is 2.05. The van der Waals surface area contributed by atoms with E-state index in [1.54, 1.807) is 0 Å². The zero-order valence-electron chi connectivity index (χ0n) is 14.3. The Morgan fingerprint density at radius 1 is 1.00 bits per heavy atom. The van der Waals surface area contributed by atoms with Crippen molar-refractivity contribution < 1.29 is 0 Å². The van der Waals surface area contributed by atoms with Crippen LogP contribution in [-0.2, 0) is 0 Å². The summed E-state index contributed by atoms with van der Waals surface area (Å²) in [7, 11) is 0. The Morgan fingerprint density at radius 2 is 1.57 bits per heavy atom. The molecule has 0 aromatic carbocycles. The summed E-state index contributed by atoms with van der Waals surface area (Å²) in [6.45, 7) is 10.8. The Morgan fingerprint density at radius 3 is 2.00 bits per heavy atom. The Labute approximate surface area is 130 Å². The third-order valence-corrected chi connectivity index (χ3v) is 7.88. The van der Waals surface area contributed by atoms with Crippen LogP contribution in [0.1, 0.15) is 59.3 Å². The third-order valence-electron chi connectivity index (χ3n) is 7.88. The van der Waals surface area contributed by atoms with Gasteiger partial charge in [-0.3, -0.25) is 4.90 Å². The summed E-state index contributed by atoms with van der Waals surface area (Å²) < 4.78 is 0. The van der Waals surface area contributed by atoms with Crippen LogP contribution in [0.2, 0.25) is 0 Å². The maximum atomic E-state index is 6.48. The summed E-state index contributed by atoms with van der Waals surface area (Å²) in [6, 6.07) is 0. The lowest BCUT2D eigenvalue weighted by Gasteiger charge is -2.64. The fourth-order valence-electron chi connectivity index (χ4n) is 6.82. The lowest BCUT2D eigenvalue weighted by atomic mass is 9.48. The molecule has 4 aliphatic carbocycles. The standard InChI is InChI=1S/C19H34N2/c1-18(2,3)15-4-5-21(11-15)19(12-20)16-7-13-6-14(9-16)10-17(19)8-13/h13-17H,4-12,20H2,1-3H3. The molecule has 1 saturated heterocycles. The minimum absolute atomic E-state index is 0.382. The number of hydrogen-bond acceptors (Lipinski definition) is 2. The summed E-state index contributed by atoms with van der Waals surface area (Å²) in [4.78, 5) is 2.88. The van der Waals surface area contributed by atoms with Gasteiger partial charge in [0.2, 0.25) is 0 Å². The molecule has 1 unspecified atom stereocenters. The van der Waals surface area contributed by atoms with E-state index in [0.29, 0.717) is 11.0 Å². The Bertz CT molecular complexity index is 380. The molecule has 2 N–H and O–H groups in total. The van der Waals surface area contributed by atoms with Crippen LogP contribution in [0, 0.1) is 35.0 Å². The van der Waals surface area contributed by atoms with Crippen LogP contribution in [0.3, 0.4) is 0 Å². The van der Waals surface area contributed by atoms with Crippen molar-refractivity contribution in [3.63, 3.8) is 0 Å². The molecule has 1 aliphatic heterocycles. The zero-order chi connectivity index (χ0) is 14.8. The molecule has 0 aromatic rings. The van der Waals surface area contributed by atoms with E-state index in [2.05, 4.69) is 25.7 Å². The highest BCUT2D eigenvalue weighted by molar-refractivity contribution is 5.13. The molecular weight excluding hydrogens is 256 g/mol. The zero-order valence-corrected chi connectivity index (χ0v) is 14.3. The number of nitrogens with two attached hydrogens (primary N) is 1. The molecule has 2 nitrogen and oxygen atoms in total. The van der Waals surface area contributed by atoms with Gasteiger partial charge in [-0.1, -0.05) is 20.8 Å². The van der Waals surface area contributed by atoms with E-state index in [0.717, 1.165) is 36.1 Å². The average molecular weight is 290 g/mol. The normalized spacial score (nSPS) is 50.0. The van der Waals surface area contributed by atoms with Crippen LogP contribution < -0.4 is 5.73 Å². The lowest BCUT2D eigenvalue weighted by Crippen LogP contribution is -2.68. The summed E-state index contributed by atoms with van der Waals surface area (Å²) in [5.41, 5.74) is 7.32. The second-order valence-corrected chi connectivity index (χ2v) is 9.80. The largest absolute Gasteiger partial charge is 0.329 e. The fourth-order valence-corrected chi connectivity index (χ4v) is 6.82. The first kappa shape index (κ1) is 14.5. The predicted molar refractivity (Wildman–Crippen MR) is 88.0 cm³/mol. The molecule has 5 fully saturated rings. The smallest absolute Gasteiger partial charge is 0.0388 e. The van der Waals surface area contributed by atoms with E-state index in [1.807, 2.05) is 0 Å². The quantitative estimate of drug-likeness (QED) is 0.843. The summed E-state index contributed by atoms with van der Waals surface area (Å²) in [5, 5.41) is 0. The number of nitrogens with zero attached hydrogens (tertiary/aromatic N) is 1. The van der Waals surface area contributed by atoms with Gasteiger partial charge in [0.05, 0.1) is 0 Å². The first-order valence-electron chi connectivity index (χ1n) is 9.38. The van der Waals surface area contributed by atoms with Crippen molar-refractivity contribution in [3.05, 3.63) is 0 Å². The van der Waals surface area contributed by atoms with Gasteiger partial charge in [-0.2, -0.15) is 0 Å². The van der Waals surface area contributed by atoms with Crippen LogP contribution in [0.25, 0.3) is 0 Å². The molecule has 0 amide bonds. The second-order valence-electron chi connectivity index (χ2n) is 9.80. The molecule has 120 valence electrons. The first-order valence-corrected chi connectivity index (χ1v) is 9.38. The molecule has 1 atom stereocenters. The molecule has 2 heteroatoms. The van der Waals surface area contributed by atoms with E-state index in [-0.39, 0.29) is 0 Å². The highest BCUT2D eigenvalue weighted by Crippen LogP contribution is 2.60. The second kappa shape index (κ2) is 4.71. The molecule has 0 radical (unpaired) electrons. The maximum Gasteiger partial charge on any atom is 0.0388 e. The number of likely N-dealkylation sites (tertiary alicyclic amines) is 1. The molecule has 5 aliphatic rings. The minimum Gasteiger partial charge on any atom is -0.329 e. The summed E-state index contributed by atoms with van der Waals surface area (Å²) in [6.07, 6.45) is 8.87.